The maximum absolute atomic E-state index is 12.1. The molecule has 1 saturated heterocycles. The molecule has 0 saturated carbocycles. The van der Waals surface area contributed by atoms with Crippen molar-refractivity contribution in [2.24, 2.45) is 0 Å². The van der Waals surface area contributed by atoms with Gasteiger partial charge in [-0.2, -0.15) is 0 Å². The number of likely N-dealkylation sites (tertiary alicyclic amines) is 1. The smallest absolute Gasteiger partial charge is 0.317 e. The van der Waals surface area contributed by atoms with Gasteiger partial charge in [0.2, 0.25) is 0 Å². The summed E-state index contributed by atoms with van der Waals surface area (Å²) in [4.78, 5) is 13.8. The minimum Gasteiger partial charge on any atom is -0.489 e. The lowest BCUT2D eigenvalue weighted by atomic mass is 10.1. The van der Waals surface area contributed by atoms with Crippen molar-refractivity contribution in [2.45, 2.75) is 45.3 Å². The molecule has 0 radical (unpaired) electrons. The van der Waals surface area contributed by atoms with Crippen LogP contribution in [-0.2, 0) is 0 Å². The van der Waals surface area contributed by atoms with Gasteiger partial charge >= 0.3 is 6.03 Å². The summed E-state index contributed by atoms with van der Waals surface area (Å²) in [5.41, 5.74) is 1.15. The number of nitrogens with zero attached hydrogens (tertiary/aromatic N) is 1. The Kier molecular flexibility index (Phi) is 6.07. The number of hydrogen-bond acceptors (Lipinski definition) is 3. The van der Waals surface area contributed by atoms with Crippen LogP contribution in [0.25, 0.3) is 0 Å². The van der Waals surface area contributed by atoms with Crippen LogP contribution < -0.4 is 10.1 Å². The number of amides is 2. The van der Waals surface area contributed by atoms with E-state index in [0.717, 1.165) is 30.6 Å². The molecule has 0 bridgehead atoms. The highest BCUT2D eigenvalue weighted by Crippen LogP contribution is 2.15. The third kappa shape index (κ3) is 4.91. The summed E-state index contributed by atoms with van der Waals surface area (Å²) < 4.78 is 5.92. The number of hydrogen-bond donors (Lipinski definition) is 2. The number of ether oxygens (including phenoxy) is 1. The van der Waals surface area contributed by atoms with E-state index in [1.165, 1.54) is 0 Å². The Morgan fingerprint density at radius 1 is 1.55 bits per heavy atom. The zero-order chi connectivity index (χ0) is 15.9. The highest BCUT2D eigenvalue weighted by atomic mass is 16.5. The second kappa shape index (κ2) is 8.03. The first-order valence-corrected chi connectivity index (χ1v) is 8.02. The van der Waals surface area contributed by atoms with Crippen molar-refractivity contribution in [1.29, 1.82) is 0 Å². The molecule has 2 atom stereocenters. The maximum Gasteiger partial charge on any atom is 0.317 e. The molecule has 122 valence electrons. The van der Waals surface area contributed by atoms with Crippen LogP contribution in [0.15, 0.2) is 24.3 Å². The maximum atomic E-state index is 12.1. The fourth-order valence-electron chi connectivity index (χ4n) is 2.60. The Morgan fingerprint density at radius 3 is 3.05 bits per heavy atom. The van der Waals surface area contributed by atoms with E-state index in [4.69, 9.17) is 4.74 Å². The van der Waals surface area contributed by atoms with Crippen LogP contribution in [0.2, 0.25) is 0 Å². The minimum atomic E-state index is -0.398. The summed E-state index contributed by atoms with van der Waals surface area (Å²) >= 11 is 0. The highest BCUT2D eigenvalue weighted by molar-refractivity contribution is 5.74. The molecule has 1 fully saturated rings. The van der Waals surface area contributed by atoms with Crippen molar-refractivity contribution < 1.29 is 14.6 Å². The van der Waals surface area contributed by atoms with Crippen LogP contribution in [0.1, 0.15) is 31.7 Å². The van der Waals surface area contributed by atoms with E-state index in [1.54, 1.807) is 4.90 Å². The number of nitrogens with one attached hydrogen (secondary N) is 1. The number of carbonyl (C=O) groups excluding carboxylic acids is 1. The number of benzene rings is 1. The van der Waals surface area contributed by atoms with Crippen LogP contribution in [0.3, 0.4) is 0 Å². The fraction of sp³-hybridized carbons (Fsp3) is 0.588. The van der Waals surface area contributed by atoms with E-state index in [1.807, 2.05) is 38.1 Å². The topological polar surface area (TPSA) is 61.8 Å². The highest BCUT2D eigenvalue weighted by Gasteiger charge is 2.22. The lowest BCUT2D eigenvalue weighted by molar-refractivity contribution is 0.0829. The molecule has 1 aromatic rings. The van der Waals surface area contributed by atoms with Gasteiger partial charge in [0.25, 0.3) is 0 Å². The SMILES string of the molecule is CC[C@H](CNC(=O)N1CCC[C@@H](O)C1)Oc1cccc(C)c1. The van der Waals surface area contributed by atoms with Crippen LogP contribution >= 0.6 is 0 Å². The normalized spacial score (nSPS) is 19.6. The largest absolute Gasteiger partial charge is 0.489 e. The summed E-state index contributed by atoms with van der Waals surface area (Å²) in [6, 6.07) is 7.79. The van der Waals surface area contributed by atoms with E-state index in [2.05, 4.69) is 5.32 Å². The van der Waals surface area contributed by atoms with Gasteiger partial charge in [-0.15, -0.1) is 0 Å². The molecular formula is C17H26N2O3. The molecule has 1 aromatic carbocycles. The Labute approximate surface area is 132 Å². The van der Waals surface area contributed by atoms with E-state index >= 15 is 0 Å². The number of aryl methyl sites for hydroxylation is 1. The summed E-state index contributed by atoms with van der Waals surface area (Å²) in [5, 5.41) is 12.5. The average Bonchev–Trinajstić information content (AvgIpc) is 2.51. The van der Waals surface area contributed by atoms with Crippen molar-refractivity contribution in [3.05, 3.63) is 29.8 Å². The van der Waals surface area contributed by atoms with Gasteiger partial charge in [0.15, 0.2) is 0 Å². The minimum absolute atomic E-state index is 0.0551. The van der Waals surface area contributed by atoms with Gasteiger partial charge in [0.1, 0.15) is 11.9 Å². The molecule has 2 rings (SSSR count). The molecule has 1 aliphatic heterocycles. The number of carbonyl (C=O) groups is 1. The molecule has 0 spiro atoms. The number of aliphatic hydroxyl groups excluding tert-OH is 1. The van der Waals surface area contributed by atoms with Gasteiger partial charge < -0.3 is 20.1 Å². The predicted octanol–water partition coefficient (Wildman–Crippen LogP) is 2.32. The van der Waals surface area contributed by atoms with E-state index in [-0.39, 0.29) is 12.1 Å². The molecule has 1 heterocycles. The van der Waals surface area contributed by atoms with Crippen LogP contribution in [0, 0.1) is 6.92 Å². The van der Waals surface area contributed by atoms with Gasteiger partial charge in [0, 0.05) is 13.1 Å². The van der Waals surface area contributed by atoms with Gasteiger partial charge in [-0.05, 0) is 43.9 Å². The summed E-state index contributed by atoms with van der Waals surface area (Å²) in [5.74, 6) is 0.828. The zero-order valence-electron chi connectivity index (χ0n) is 13.4. The number of β-amino-alcohol motifs (C(OH)–C–C–N with tert-alkyl or cyclic N) is 1. The van der Waals surface area contributed by atoms with E-state index in [9.17, 15) is 9.90 Å². The van der Waals surface area contributed by atoms with Gasteiger partial charge in [-0.25, -0.2) is 4.79 Å². The third-order valence-corrected chi connectivity index (χ3v) is 3.91. The fourth-order valence-corrected chi connectivity index (χ4v) is 2.60. The first kappa shape index (κ1) is 16.6. The van der Waals surface area contributed by atoms with Crippen molar-refractivity contribution in [2.75, 3.05) is 19.6 Å². The Morgan fingerprint density at radius 2 is 2.36 bits per heavy atom. The Hall–Kier alpha value is -1.75. The molecule has 0 unspecified atom stereocenters. The number of aliphatic hydroxyl groups is 1. The molecule has 1 aliphatic rings. The van der Waals surface area contributed by atoms with Crippen LogP contribution in [-0.4, -0.2) is 47.9 Å². The lowest BCUT2D eigenvalue weighted by Gasteiger charge is -2.30. The summed E-state index contributed by atoms with van der Waals surface area (Å²) in [6.45, 7) is 5.66. The Balaban J connectivity index is 1.81. The lowest BCUT2D eigenvalue weighted by Crippen LogP contribution is -2.49. The number of rotatable bonds is 5. The predicted molar refractivity (Wildman–Crippen MR) is 86.1 cm³/mol. The quantitative estimate of drug-likeness (QED) is 0.877. The molecule has 2 N–H and O–H groups in total. The van der Waals surface area contributed by atoms with Crippen molar-refractivity contribution >= 4 is 6.03 Å². The Bertz CT molecular complexity index is 493. The van der Waals surface area contributed by atoms with Crippen LogP contribution in [0.4, 0.5) is 4.79 Å². The number of urea groups is 1. The van der Waals surface area contributed by atoms with Crippen LogP contribution in [0.5, 0.6) is 5.75 Å². The average molecular weight is 306 g/mol. The van der Waals surface area contributed by atoms with Crippen molar-refractivity contribution in [3.63, 3.8) is 0 Å². The monoisotopic (exact) mass is 306 g/mol. The second-order valence-corrected chi connectivity index (χ2v) is 5.89. The van der Waals surface area contributed by atoms with Crippen molar-refractivity contribution in [1.82, 2.24) is 10.2 Å². The second-order valence-electron chi connectivity index (χ2n) is 5.89. The molecule has 0 aliphatic carbocycles. The van der Waals surface area contributed by atoms with Gasteiger partial charge in [0.05, 0.1) is 12.6 Å². The van der Waals surface area contributed by atoms with Gasteiger partial charge in [-0.1, -0.05) is 19.1 Å². The molecular weight excluding hydrogens is 280 g/mol. The molecule has 2 amide bonds. The third-order valence-electron chi connectivity index (χ3n) is 3.91. The van der Waals surface area contributed by atoms with Crippen molar-refractivity contribution in [3.8, 4) is 5.75 Å². The summed E-state index contributed by atoms with van der Waals surface area (Å²) in [6.07, 6.45) is 1.99. The molecule has 5 heteroatoms. The first-order chi connectivity index (χ1) is 10.6. The first-order valence-electron chi connectivity index (χ1n) is 8.02. The zero-order valence-corrected chi connectivity index (χ0v) is 13.4. The summed E-state index contributed by atoms with van der Waals surface area (Å²) in [7, 11) is 0. The molecule has 0 aromatic heterocycles. The van der Waals surface area contributed by atoms with E-state index < -0.39 is 6.10 Å². The molecule has 22 heavy (non-hydrogen) atoms. The van der Waals surface area contributed by atoms with Gasteiger partial charge in [-0.3, -0.25) is 0 Å². The standard InChI is InChI=1S/C17H26N2O3/c1-3-15(22-16-8-4-6-13(2)10-16)11-18-17(21)19-9-5-7-14(20)12-19/h4,6,8,10,14-15,20H,3,5,7,9,11-12H2,1-2H3,(H,18,21)/t14-,15-/m1/s1. The number of piperidine rings is 1. The molecule has 5 nitrogen and oxygen atoms in total. The van der Waals surface area contributed by atoms with E-state index in [0.29, 0.717) is 19.6 Å².